The number of aromatic nitrogens is 1. The number of aryl methyl sites for hydroxylation is 1. The number of carboxylic acid groups (broad SMARTS) is 1. The topological polar surface area (TPSA) is 112 Å². The fraction of sp³-hybridized carbons (Fsp3) is 0.333. The van der Waals surface area contributed by atoms with Crippen molar-refractivity contribution in [2.45, 2.75) is 13.3 Å². The molecule has 144 valence electrons. The average molecular weight is 390 g/mol. The lowest BCUT2D eigenvalue weighted by molar-refractivity contribution is -0.304. The Morgan fingerprint density at radius 3 is 2.59 bits per heavy atom. The van der Waals surface area contributed by atoms with Gasteiger partial charge in [0.1, 0.15) is 6.54 Å². The number of carbonyl (C=O) groups is 3. The molecule has 9 heteroatoms. The highest BCUT2D eigenvalue weighted by molar-refractivity contribution is 7.13. The van der Waals surface area contributed by atoms with Crippen LogP contribution >= 0.6 is 11.3 Å². The van der Waals surface area contributed by atoms with E-state index >= 15 is 0 Å². The van der Waals surface area contributed by atoms with Crippen LogP contribution in [0, 0.1) is 6.92 Å². The maximum absolute atomic E-state index is 12.7. The van der Waals surface area contributed by atoms with Gasteiger partial charge in [0.25, 0.3) is 5.91 Å². The maximum Gasteiger partial charge on any atom is 0.254 e. The molecule has 1 aromatic carbocycles. The minimum Gasteiger partial charge on any atom is -0.550 e. The smallest absolute Gasteiger partial charge is 0.254 e. The largest absolute Gasteiger partial charge is 0.550 e. The molecule has 27 heavy (non-hydrogen) atoms. The van der Waals surface area contributed by atoms with Crippen LogP contribution in [-0.2, 0) is 20.7 Å². The van der Waals surface area contributed by atoms with Crippen LogP contribution in [0.4, 0.5) is 5.13 Å². The third kappa shape index (κ3) is 6.46. The van der Waals surface area contributed by atoms with Crippen LogP contribution in [0.2, 0.25) is 0 Å². The van der Waals surface area contributed by atoms with Gasteiger partial charge < -0.3 is 24.9 Å². The number of hydrogen-bond acceptors (Lipinski definition) is 7. The van der Waals surface area contributed by atoms with Crippen molar-refractivity contribution in [2.24, 2.45) is 0 Å². The van der Waals surface area contributed by atoms with Crippen molar-refractivity contribution in [3.05, 3.63) is 46.5 Å². The van der Waals surface area contributed by atoms with Gasteiger partial charge in [0, 0.05) is 37.0 Å². The lowest BCUT2D eigenvalue weighted by Crippen LogP contribution is -2.40. The first-order valence-corrected chi connectivity index (χ1v) is 9.06. The molecule has 1 aromatic heterocycles. The van der Waals surface area contributed by atoms with Gasteiger partial charge in [-0.2, -0.15) is 0 Å². The number of carboxylic acids is 1. The molecular formula is C18H20N3O5S-. The molecule has 0 atom stereocenters. The minimum atomic E-state index is -1.24. The van der Waals surface area contributed by atoms with Crippen molar-refractivity contribution in [3.63, 3.8) is 0 Å². The van der Waals surface area contributed by atoms with E-state index in [9.17, 15) is 19.5 Å². The number of amides is 2. The van der Waals surface area contributed by atoms with Gasteiger partial charge in [-0.15, -0.1) is 11.3 Å². The summed E-state index contributed by atoms with van der Waals surface area (Å²) in [5, 5.41) is 15.0. The SMILES string of the molecule is COCCN(CC(=O)Nc1nc(CC(=O)[O-])cs1)C(=O)c1ccc(C)cc1. The molecule has 0 bridgehead atoms. The molecular weight excluding hydrogens is 370 g/mol. The van der Waals surface area contributed by atoms with Crippen LogP contribution in [0.1, 0.15) is 21.6 Å². The van der Waals surface area contributed by atoms with Crippen LogP contribution in [0.5, 0.6) is 0 Å². The van der Waals surface area contributed by atoms with Gasteiger partial charge in [0.15, 0.2) is 5.13 Å². The van der Waals surface area contributed by atoms with Crippen molar-refractivity contribution >= 4 is 34.3 Å². The van der Waals surface area contributed by atoms with Crippen molar-refractivity contribution in [3.8, 4) is 0 Å². The number of nitrogens with one attached hydrogen (secondary N) is 1. The molecule has 0 saturated heterocycles. The van der Waals surface area contributed by atoms with Gasteiger partial charge in [0.2, 0.25) is 5.91 Å². The van der Waals surface area contributed by atoms with Crippen LogP contribution in [0.3, 0.4) is 0 Å². The fourth-order valence-electron chi connectivity index (χ4n) is 2.26. The first-order chi connectivity index (χ1) is 12.9. The molecule has 0 spiro atoms. The molecule has 2 rings (SSSR count). The molecule has 0 aliphatic carbocycles. The highest BCUT2D eigenvalue weighted by Crippen LogP contribution is 2.16. The molecule has 0 radical (unpaired) electrons. The summed E-state index contributed by atoms with van der Waals surface area (Å²) in [5.74, 6) is -1.95. The lowest BCUT2D eigenvalue weighted by atomic mass is 10.1. The third-order valence-corrected chi connectivity index (χ3v) is 4.42. The van der Waals surface area contributed by atoms with E-state index in [2.05, 4.69) is 10.3 Å². The Bertz CT molecular complexity index is 804. The lowest BCUT2D eigenvalue weighted by Gasteiger charge is -2.21. The zero-order chi connectivity index (χ0) is 19.8. The molecule has 2 amide bonds. The van der Waals surface area contributed by atoms with Crippen LogP contribution in [0.25, 0.3) is 0 Å². The fourth-order valence-corrected chi connectivity index (χ4v) is 2.98. The second-order valence-electron chi connectivity index (χ2n) is 5.83. The van der Waals surface area contributed by atoms with Crippen molar-refractivity contribution < 1.29 is 24.2 Å². The zero-order valence-electron chi connectivity index (χ0n) is 15.1. The van der Waals surface area contributed by atoms with Crippen LogP contribution in [-0.4, -0.2) is 54.5 Å². The summed E-state index contributed by atoms with van der Waals surface area (Å²) in [6.45, 7) is 2.29. The standard InChI is InChI=1S/C18H21N3O5S/c1-12-3-5-13(6-4-12)17(25)21(7-8-26-2)10-15(22)20-18-19-14(11-27-18)9-16(23)24/h3-6,11H,7-10H2,1-2H3,(H,23,24)(H,19,20,22)/p-1. The Morgan fingerprint density at radius 1 is 1.26 bits per heavy atom. The molecule has 0 fully saturated rings. The van der Waals surface area contributed by atoms with E-state index in [0.717, 1.165) is 16.9 Å². The predicted octanol–water partition coefficient (Wildman–Crippen LogP) is 0.471. The number of carbonyl (C=O) groups excluding carboxylic acids is 3. The minimum absolute atomic E-state index is 0.175. The summed E-state index contributed by atoms with van der Waals surface area (Å²) < 4.78 is 5.02. The van der Waals surface area contributed by atoms with Gasteiger partial charge in [-0.1, -0.05) is 17.7 Å². The van der Waals surface area contributed by atoms with E-state index in [4.69, 9.17) is 4.74 Å². The number of anilines is 1. The maximum atomic E-state index is 12.7. The first-order valence-electron chi connectivity index (χ1n) is 8.18. The van der Waals surface area contributed by atoms with E-state index in [0.29, 0.717) is 11.3 Å². The van der Waals surface area contributed by atoms with Crippen LogP contribution < -0.4 is 10.4 Å². The Morgan fingerprint density at radius 2 is 1.96 bits per heavy atom. The number of rotatable bonds is 9. The Kier molecular flexibility index (Phi) is 7.44. The number of ether oxygens (including phenoxy) is 1. The number of methoxy groups -OCH3 is 1. The summed E-state index contributed by atoms with van der Waals surface area (Å²) in [7, 11) is 1.52. The Balaban J connectivity index is 2.02. The summed E-state index contributed by atoms with van der Waals surface area (Å²) in [6.07, 6.45) is -0.321. The first kappa shape index (κ1) is 20.5. The Hall–Kier alpha value is -2.78. The van der Waals surface area contributed by atoms with Crippen molar-refractivity contribution in [2.75, 3.05) is 32.1 Å². The van der Waals surface area contributed by atoms with E-state index in [-0.39, 0.29) is 37.2 Å². The van der Waals surface area contributed by atoms with Crippen molar-refractivity contribution in [1.82, 2.24) is 9.88 Å². The second-order valence-corrected chi connectivity index (χ2v) is 6.68. The summed E-state index contributed by atoms with van der Waals surface area (Å²) >= 11 is 1.11. The number of aliphatic carboxylic acids is 1. The third-order valence-electron chi connectivity index (χ3n) is 3.61. The number of thiazole rings is 1. The molecule has 2 aromatic rings. The van der Waals surface area contributed by atoms with Crippen molar-refractivity contribution in [1.29, 1.82) is 0 Å². The quantitative estimate of drug-likeness (QED) is 0.666. The summed E-state index contributed by atoms with van der Waals surface area (Å²) in [4.78, 5) is 41.0. The van der Waals surface area contributed by atoms with Gasteiger partial charge in [-0.3, -0.25) is 9.59 Å². The number of benzene rings is 1. The summed E-state index contributed by atoms with van der Waals surface area (Å²) in [5.41, 5.74) is 1.82. The molecule has 1 N–H and O–H groups in total. The van der Waals surface area contributed by atoms with Gasteiger partial charge in [-0.25, -0.2) is 4.98 Å². The van der Waals surface area contributed by atoms with E-state index < -0.39 is 11.9 Å². The zero-order valence-corrected chi connectivity index (χ0v) is 15.9. The predicted molar refractivity (Wildman–Crippen MR) is 98.4 cm³/mol. The number of nitrogens with zero attached hydrogens (tertiary/aromatic N) is 2. The van der Waals surface area contributed by atoms with E-state index in [1.165, 1.54) is 17.4 Å². The van der Waals surface area contributed by atoms with E-state index in [1.54, 1.807) is 12.1 Å². The Labute approximate surface area is 160 Å². The summed E-state index contributed by atoms with van der Waals surface area (Å²) in [6, 6.07) is 7.08. The highest BCUT2D eigenvalue weighted by Gasteiger charge is 2.19. The molecule has 0 saturated carbocycles. The van der Waals surface area contributed by atoms with Gasteiger partial charge >= 0.3 is 0 Å². The molecule has 0 aliphatic heterocycles. The molecule has 0 aliphatic rings. The molecule has 8 nitrogen and oxygen atoms in total. The van der Waals surface area contributed by atoms with E-state index in [1.807, 2.05) is 19.1 Å². The van der Waals surface area contributed by atoms with Gasteiger partial charge in [0.05, 0.1) is 12.3 Å². The highest BCUT2D eigenvalue weighted by atomic mass is 32.1. The van der Waals surface area contributed by atoms with Crippen LogP contribution in [0.15, 0.2) is 29.6 Å². The monoisotopic (exact) mass is 390 g/mol. The second kappa shape index (κ2) is 9.79. The normalized spacial score (nSPS) is 10.4. The molecule has 1 heterocycles. The van der Waals surface area contributed by atoms with Gasteiger partial charge in [-0.05, 0) is 19.1 Å². The number of hydrogen-bond donors (Lipinski definition) is 1. The average Bonchev–Trinajstić information content (AvgIpc) is 3.04. The molecule has 0 unspecified atom stereocenters.